The Balaban J connectivity index is 1.40. The number of hydrogen-bond acceptors (Lipinski definition) is 4. The van der Waals surface area contributed by atoms with Crippen molar-refractivity contribution >= 4 is 22.6 Å². The van der Waals surface area contributed by atoms with E-state index < -0.39 is 0 Å². The maximum Gasteiger partial charge on any atom is 0.225 e. The Hall–Kier alpha value is -2.14. The van der Waals surface area contributed by atoms with Gasteiger partial charge in [0.2, 0.25) is 5.91 Å². The van der Waals surface area contributed by atoms with Gasteiger partial charge in [-0.2, -0.15) is 0 Å². The summed E-state index contributed by atoms with van der Waals surface area (Å²) in [7, 11) is 0. The normalized spacial score (nSPS) is 22.0. The van der Waals surface area contributed by atoms with Crippen molar-refractivity contribution in [3.63, 3.8) is 0 Å². The summed E-state index contributed by atoms with van der Waals surface area (Å²) in [5, 5.41) is 4.34. The summed E-state index contributed by atoms with van der Waals surface area (Å²) in [5.41, 5.74) is 1.00. The molecular weight excluding hydrogens is 302 g/mol. The van der Waals surface area contributed by atoms with E-state index in [1.165, 1.54) is 0 Å². The summed E-state index contributed by atoms with van der Waals surface area (Å²) in [4.78, 5) is 19.5. The number of amides is 1. The quantitative estimate of drug-likeness (QED) is 0.941. The molecule has 3 heterocycles. The Labute approximate surface area is 142 Å². The smallest absolute Gasteiger partial charge is 0.225 e. The third-order valence-electron chi connectivity index (χ3n) is 5.03. The largest absolute Gasteiger partial charge is 0.381 e. The highest BCUT2D eigenvalue weighted by atomic mass is 16.5. The number of hydrogen-bond donors (Lipinski definition) is 1. The molecule has 1 amide bonds. The molecule has 2 aliphatic rings. The fourth-order valence-electron chi connectivity index (χ4n) is 3.57. The van der Waals surface area contributed by atoms with Crippen molar-refractivity contribution in [2.75, 3.05) is 31.2 Å². The number of nitrogens with one attached hydrogen (secondary N) is 1. The highest BCUT2D eigenvalue weighted by Crippen LogP contribution is 2.25. The van der Waals surface area contributed by atoms with Gasteiger partial charge in [0.15, 0.2) is 0 Å². The van der Waals surface area contributed by atoms with Gasteiger partial charge in [-0.25, -0.2) is 4.98 Å². The standard InChI is InChI=1S/C19H23N3O2/c23-19(20-16-8-11-24-12-9-16)15-7-10-22(13-15)18-6-5-14-3-1-2-4-17(14)21-18/h1-6,15-16H,7-13H2,(H,20,23). The molecule has 1 N–H and O–H groups in total. The molecule has 1 unspecified atom stereocenters. The third-order valence-corrected chi connectivity index (χ3v) is 5.03. The van der Waals surface area contributed by atoms with E-state index in [9.17, 15) is 4.79 Å². The fraction of sp³-hybridized carbons (Fsp3) is 0.474. The minimum absolute atomic E-state index is 0.0566. The first-order chi connectivity index (χ1) is 11.8. The average Bonchev–Trinajstić information content (AvgIpc) is 3.12. The Morgan fingerprint density at radius 2 is 1.96 bits per heavy atom. The Morgan fingerprint density at radius 1 is 1.12 bits per heavy atom. The van der Waals surface area contributed by atoms with E-state index in [1.807, 2.05) is 18.2 Å². The average molecular weight is 325 g/mol. The highest BCUT2D eigenvalue weighted by Gasteiger charge is 2.30. The van der Waals surface area contributed by atoms with Crippen LogP contribution in [-0.4, -0.2) is 43.2 Å². The maximum atomic E-state index is 12.5. The van der Waals surface area contributed by atoms with Crippen molar-refractivity contribution in [3.8, 4) is 0 Å². The summed E-state index contributed by atoms with van der Waals surface area (Å²) < 4.78 is 5.35. The number of fused-ring (bicyclic) bond motifs is 1. The first-order valence-corrected chi connectivity index (χ1v) is 8.78. The lowest BCUT2D eigenvalue weighted by Crippen LogP contribution is -2.42. The summed E-state index contributed by atoms with van der Waals surface area (Å²) in [5.74, 6) is 1.21. The predicted molar refractivity (Wildman–Crippen MR) is 94.0 cm³/mol. The number of rotatable bonds is 3. The van der Waals surface area contributed by atoms with Crippen LogP contribution in [0.5, 0.6) is 0 Å². The zero-order chi connectivity index (χ0) is 16.4. The van der Waals surface area contributed by atoms with Crippen LogP contribution in [0, 0.1) is 5.92 Å². The summed E-state index contributed by atoms with van der Waals surface area (Å²) in [6, 6.07) is 12.6. The van der Waals surface area contributed by atoms with Crippen LogP contribution >= 0.6 is 0 Å². The number of anilines is 1. The van der Waals surface area contributed by atoms with E-state index >= 15 is 0 Å². The SMILES string of the molecule is O=C(NC1CCOCC1)C1CCN(c2ccc3ccccc3n2)C1. The molecule has 0 radical (unpaired) electrons. The van der Waals surface area contributed by atoms with E-state index in [2.05, 4.69) is 28.4 Å². The monoisotopic (exact) mass is 325 g/mol. The van der Waals surface area contributed by atoms with Crippen LogP contribution in [-0.2, 0) is 9.53 Å². The molecule has 0 bridgehead atoms. The third kappa shape index (κ3) is 3.22. The number of nitrogens with zero attached hydrogens (tertiary/aromatic N) is 2. The Kier molecular flexibility index (Phi) is 4.34. The number of aromatic nitrogens is 1. The summed E-state index contributed by atoms with van der Waals surface area (Å²) in [6.45, 7) is 3.14. The summed E-state index contributed by atoms with van der Waals surface area (Å²) >= 11 is 0. The predicted octanol–water partition coefficient (Wildman–Crippen LogP) is 2.36. The molecule has 4 rings (SSSR count). The van der Waals surface area contributed by atoms with Gasteiger partial charge >= 0.3 is 0 Å². The van der Waals surface area contributed by atoms with Gasteiger partial charge in [0, 0.05) is 37.7 Å². The van der Waals surface area contributed by atoms with E-state index in [0.29, 0.717) is 0 Å². The van der Waals surface area contributed by atoms with Gasteiger partial charge in [-0.15, -0.1) is 0 Å². The molecule has 24 heavy (non-hydrogen) atoms. The van der Waals surface area contributed by atoms with Gasteiger partial charge in [-0.05, 0) is 37.5 Å². The van der Waals surface area contributed by atoms with Crippen molar-refractivity contribution < 1.29 is 9.53 Å². The zero-order valence-electron chi connectivity index (χ0n) is 13.8. The van der Waals surface area contributed by atoms with Crippen molar-refractivity contribution in [2.45, 2.75) is 25.3 Å². The van der Waals surface area contributed by atoms with Crippen LogP contribution in [0.1, 0.15) is 19.3 Å². The topological polar surface area (TPSA) is 54.5 Å². The first kappa shape index (κ1) is 15.4. The molecule has 126 valence electrons. The molecule has 5 nitrogen and oxygen atoms in total. The summed E-state index contributed by atoms with van der Waals surface area (Å²) in [6.07, 6.45) is 2.74. The van der Waals surface area contributed by atoms with Gasteiger partial charge in [0.05, 0.1) is 11.4 Å². The van der Waals surface area contributed by atoms with Crippen LogP contribution in [0.25, 0.3) is 10.9 Å². The molecule has 1 aromatic heterocycles. The molecule has 2 saturated heterocycles. The zero-order valence-corrected chi connectivity index (χ0v) is 13.8. The van der Waals surface area contributed by atoms with Crippen LogP contribution in [0.15, 0.2) is 36.4 Å². The molecule has 1 atom stereocenters. The molecule has 5 heteroatoms. The Morgan fingerprint density at radius 3 is 2.83 bits per heavy atom. The second kappa shape index (κ2) is 6.77. The van der Waals surface area contributed by atoms with Gasteiger partial charge in [-0.3, -0.25) is 4.79 Å². The Bertz CT molecular complexity index is 727. The number of carbonyl (C=O) groups is 1. The number of para-hydroxylation sites is 1. The number of ether oxygens (including phenoxy) is 1. The molecule has 0 saturated carbocycles. The van der Waals surface area contributed by atoms with Gasteiger partial charge in [-0.1, -0.05) is 18.2 Å². The molecule has 0 aliphatic carbocycles. The van der Waals surface area contributed by atoms with E-state index in [4.69, 9.17) is 9.72 Å². The lowest BCUT2D eigenvalue weighted by atomic mass is 10.1. The maximum absolute atomic E-state index is 12.5. The van der Waals surface area contributed by atoms with Crippen molar-refractivity contribution in [1.82, 2.24) is 10.3 Å². The van der Waals surface area contributed by atoms with Crippen molar-refractivity contribution in [2.24, 2.45) is 5.92 Å². The molecule has 2 aromatic rings. The van der Waals surface area contributed by atoms with Crippen LogP contribution in [0.2, 0.25) is 0 Å². The van der Waals surface area contributed by atoms with Crippen molar-refractivity contribution in [1.29, 1.82) is 0 Å². The van der Waals surface area contributed by atoms with E-state index in [-0.39, 0.29) is 17.9 Å². The minimum atomic E-state index is 0.0566. The molecule has 2 fully saturated rings. The number of benzene rings is 1. The molecule has 0 spiro atoms. The van der Waals surface area contributed by atoms with Gasteiger partial charge in [0.1, 0.15) is 5.82 Å². The van der Waals surface area contributed by atoms with Crippen LogP contribution < -0.4 is 10.2 Å². The second-order valence-corrected chi connectivity index (χ2v) is 6.69. The van der Waals surface area contributed by atoms with Crippen molar-refractivity contribution in [3.05, 3.63) is 36.4 Å². The highest BCUT2D eigenvalue weighted by molar-refractivity contribution is 5.82. The molecular formula is C19H23N3O2. The minimum Gasteiger partial charge on any atom is -0.381 e. The number of carbonyl (C=O) groups excluding carboxylic acids is 1. The lowest BCUT2D eigenvalue weighted by molar-refractivity contribution is -0.125. The van der Waals surface area contributed by atoms with Gasteiger partial charge < -0.3 is 15.0 Å². The second-order valence-electron chi connectivity index (χ2n) is 6.69. The number of pyridine rings is 1. The molecule has 1 aromatic carbocycles. The first-order valence-electron chi connectivity index (χ1n) is 8.78. The van der Waals surface area contributed by atoms with E-state index in [0.717, 1.165) is 62.3 Å². The molecule has 2 aliphatic heterocycles. The fourth-order valence-corrected chi connectivity index (χ4v) is 3.57. The van der Waals surface area contributed by atoms with Crippen LogP contribution in [0.4, 0.5) is 5.82 Å². The van der Waals surface area contributed by atoms with Gasteiger partial charge in [0.25, 0.3) is 0 Å². The van der Waals surface area contributed by atoms with E-state index in [1.54, 1.807) is 0 Å². The lowest BCUT2D eigenvalue weighted by Gasteiger charge is -2.24. The van der Waals surface area contributed by atoms with Crippen LogP contribution in [0.3, 0.4) is 0 Å².